The van der Waals surface area contributed by atoms with E-state index in [4.69, 9.17) is 5.73 Å². The molecule has 0 heterocycles. The molecule has 21 heavy (non-hydrogen) atoms. The van der Waals surface area contributed by atoms with Gasteiger partial charge in [0, 0.05) is 12.1 Å². The molecule has 0 spiro atoms. The van der Waals surface area contributed by atoms with E-state index in [1.165, 1.54) is 12.1 Å². The third-order valence-corrected chi connectivity index (χ3v) is 3.55. The Morgan fingerprint density at radius 2 is 1.90 bits per heavy atom. The second-order valence-corrected chi connectivity index (χ2v) is 5.31. The Morgan fingerprint density at radius 1 is 1.33 bits per heavy atom. The molecule has 0 saturated heterocycles. The summed E-state index contributed by atoms with van der Waals surface area (Å²) in [4.78, 5) is 12.1. The van der Waals surface area contributed by atoms with Gasteiger partial charge in [0.1, 0.15) is 0 Å². The lowest BCUT2D eigenvalue weighted by Gasteiger charge is -2.33. The summed E-state index contributed by atoms with van der Waals surface area (Å²) in [6, 6.07) is 4.34. The minimum Gasteiger partial charge on any atom is -0.345 e. The summed E-state index contributed by atoms with van der Waals surface area (Å²) in [6.07, 6.45) is -4.47. The quantitative estimate of drug-likeness (QED) is 0.893. The second-order valence-electron chi connectivity index (χ2n) is 5.31. The highest BCUT2D eigenvalue weighted by atomic mass is 35.5. The molecular formula is C14H20ClF3N2O. The standard InChI is InChI=1S/C14H19F3N2O.ClH/c1-9(2)13(3,8-18)19-12(20)10-5-4-6-11(7-10)14(15,16)17;/h4-7,9H,8,18H2,1-3H3,(H,19,20);1H. The maximum Gasteiger partial charge on any atom is 0.416 e. The van der Waals surface area contributed by atoms with Crippen molar-refractivity contribution in [2.45, 2.75) is 32.5 Å². The SMILES string of the molecule is CC(C)C(C)(CN)NC(=O)c1cccc(C(F)(F)F)c1.Cl. The van der Waals surface area contributed by atoms with Crippen LogP contribution in [0.5, 0.6) is 0 Å². The summed E-state index contributed by atoms with van der Waals surface area (Å²) < 4.78 is 37.8. The molecule has 0 aliphatic heterocycles. The minimum atomic E-state index is -4.47. The number of nitrogens with two attached hydrogens (primary N) is 1. The molecule has 3 nitrogen and oxygen atoms in total. The first-order chi connectivity index (χ1) is 9.10. The minimum absolute atomic E-state index is 0. The van der Waals surface area contributed by atoms with E-state index in [2.05, 4.69) is 5.32 Å². The summed E-state index contributed by atoms with van der Waals surface area (Å²) in [5.74, 6) is -0.500. The maximum absolute atomic E-state index is 12.6. The van der Waals surface area contributed by atoms with Crippen molar-refractivity contribution >= 4 is 18.3 Å². The van der Waals surface area contributed by atoms with Gasteiger partial charge in [-0.2, -0.15) is 13.2 Å². The van der Waals surface area contributed by atoms with Gasteiger partial charge in [-0.1, -0.05) is 19.9 Å². The number of carbonyl (C=O) groups is 1. The predicted molar refractivity (Wildman–Crippen MR) is 78.5 cm³/mol. The molecule has 0 saturated carbocycles. The van der Waals surface area contributed by atoms with Gasteiger partial charge in [-0.25, -0.2) is 0 Å². The molecule has 1 aromatic carbocycles. The summed E-state index contributed by atoms with van der Waals surface area (Å²) in [5, 5.41) is 2.71. The van der Waals surface area contributed by atoms with Gasteiger partial charge in [0.15, 0.2) is 0 Å². The summed E-state index contributed by atoms with van der Waals surface area (Å²) in [7, 11) is 0. The van der Waals surface area contributed by atoms with E-state index in [9.17, 15) is 18.0 Å². The molecule has 1 unspecified atom stereocenters. The molecule has 0 aliphatic rings. The molecule has 0 aromatic heterocycles. The van der Waals surface area contributed by atoms with Gasteiger partial charge in [-0.15, -0.1) is 12.4 Å². The molecule has 120 valence electrons. The van der Waals surface area contributed by atoms with Crippen LogP contribution in [-0.2, 0) is 6.18 Å². The fourth-order valence-electron chi connectivity index (χ4n) is 1.60. The smallest absolute Gasteiger partial charge is 0.345 e. The number of rotatable bonds is 4. The topological polar surface area (TPSA) is 55.1 Å². The van der Waals surface area contributed by atoms with Gasteiger partial charge in [-0.05, 0) is 31.0 Å². The number of benzene rings is 1. The van der Waals surface area contributed by atoms with Crippen LogP contribution in [-0.4, -0.2) is 18.0 Å². The van der Waals surface area contributed by atoms with E-state index in [-0.39, 0.29) is 30.4 Å². The normalized spacial score (nSPS) is 14.3. The Morgan fingerprint density at radius 3 is 2.33 bits per heavy atom. The van der Waals surface area contributed by atoms with E-state index < -0.39 is 23.2 Å². The van der Waals surface area contributed by atoms with Crippen molar-refractivity contribution in [3.63, 3.8) is 0 Å². The lowest BCUT2D eigenvalue weighted by molar-refractivity contribution is -0.137. The molecule has 0 fully saturated rings. The van der Waals surface area contributed by atoms with Crippen LogP contribution in [0.15, 0.2) is 24.3 Å². The molecule has 1 amide bonds. The number of alkyl halides is 3. The highest BCUT2D eigenvalue weighted by Crippen LogP contribution is 2.29. The van der Waals surface area contributed by atoms with Crippen LogP contribution in [0.1, 0.15) is 36.7 Å². The zero-order valence-corrected chi connectivity index (χ0v) is 12.9. The third-order valence-electron chi connectivity index (χ3n) is 3.55. The number of hydrogen-bond donors (Lipinski definition) is 2. The largest absolute Gasteiger partial charge is 0.416 e. The Bertz CT molecular complexity index is 491. The monoisotopic (exact) mass is 324 g/mol. The van der Waals surface area contributed by atoms with Gasteiger partial charge in [-0.3, -0.25) is 4.79 Å². The van der Waals surface area contributed by atoms with E-state index in [1.54, 1.807) is 6.92 Å². The van der Waals surface area contributed by atoms with Crippen molar-refractivity contribution in [2.24, 2.45) is 11.7 Å². The maximum atomic E-state index is 12.6. The zero-order chi connectivity index (χ0) is 15.6. The zero-order valence-electron chi connectivity index (χ0n) is 12.1. The third kappa shape index (κ3) is 4.89. The number of amides is 1. The van der Waals surface area contributed by atoms with Crippen LogP contribution in [0.3, 0.4) is 0 Å². The molecule has 1 rings (SSSR count). The average molecular weight is 325 g/mol. The Hall–Kier alpha value is -1.27. The fraction of sp³-hybridized carbons (Fsp3) is 0.500. The number of carbonyl (C=O) groups excluding carboxylic acids is 1. The van der Waals surface area contributed by atoms with Gasteiger partial charge >= 0.3 is 6.18 Å². The molecular weight excluding hydrogens is 305 g/mol. The predicted octanol–water partition coefficient (Wildman–Crippen LogP) is 3.23. The Labute approximate surface area is 128 Å². The molecule has 7 heteroatoms. The molecule has 0 radical (unpaired) electrons. The summed E-state index contributed by atoms with van der Waals surface area (Å²) >= 11 is 0. The first-order valence-corrected chi connectivity index (χ1v) is 6.30. The van der Waals surface area contributed by atoms with Crippen LogP contribution in [0.25, 0.3) is 0 Å². The van der Waals surface area contributed by atoms with Crippen LogP contribution in [0.2, 0.25) is 0 Å². The van der Waals surface area contributed by atoms with Crippen LogP contribution >= 0.6 is 12.4 Å². The van der Waals surface area contributed by atoms with E-state index >= 15 is 0 Å². The number of halogens is 4. The second kappa shape index (κ2) is 7.13. The molecule has 1 atom stereocenters. The average Bonchev–Trinajstić information content (AvgIpc) is 2.37. The molecule has 0 bridgehead atoms. The molecule has 0 aliphatic carbocycles. The Balaban J connectivity index is 0.00000400. The first kappa shape index (κ1) is 19.7. The summed E-state index contributed by atoms with van der Waals surface area (Å²) in [5.41, 5.74) is 4.11. The van der Waals surface area contributed by atoms with Crippen molar-refractivity contribution in [1.82, 2.24) is 5.32 Å². The van der Waals surface area contributed by atoms with Crippen molar-refractivity contribution < 1.29 is 18.0 Å². The highest BCUT2D eigenvalue weighted by Gasteiger charge is 2.32. The Kier molecular flexibility index (Phi) is 6.70. The van der Waals surface area contributed by atoms with E-state index in [1.807, 2.05) is 13.8 Å². The van der Waals surface area contributed by atoms with Gasteiger partial charge in [0.05, 0.1) is 11.1 Å². The van der Waals surface area contributed by atoms with Crippen molar-refractivity contribution in [2.75, 3.05) is 6.54 Å². The van der Waals surface area contributed by atoms with E-state index in [0.29, 0.717) is 0 Å². The summed E-state index contributed by atoms with van der Waals surface area (Å²) in [6.45, 7) is 5.75. The lowest BCUT2D eigenvalue weighted by Crippen LogP contribution is -2.55. The molecule has 1 aromatic rings. The molecule has 3 N–H and O–H groups in total. The lowest BCUT2D eigenvalue weighted by atomic mass is 9.88. The number of nitrogens with one attached hydrogen (secondary N) is 1. The van der Waals surface area contributed by atoms with E-state index in [0.717, 1.165) is 12.1 Å². The highest BCUT2D eigenvalue weighted by molar-refractivity contribution is 5.94. The van der Waals surface area contributed by atoms with Crippen molar-refractivity contribution in [3.8, 4) is 0 Å². The fourth-order valence-corrected chi connectivity index (χ4v) is 1.60. The van der Waals surface area contributed by atoms with Gasteiger partial charge < -0.3 is 11.1 Å². The first-order valence-electron chi connectivity index (χ1n) is 6.30. The van der Waals surface area contributed by atoms with Crippen LogP contribution < -0.4 is 11.1 Å². The van der Waals surface area contributed by atoms with Crippen LogP contribution in [0.4, 0.5) is 13.2 Å². The van der Waals surface area contributed by atoms with Crippen molar-refractivity contribution in [3.05, 3.63) is 35.4 Å². The van der Waals surface area contributed by atoms with Crippen molar-refractivity contribution in [1.29, 1.82) is 0 Å². The van der Waals surface area contributed by atoms with Gasteiger partial charge in [0.25, 0.3) is 5.91 Å². The number of hydrogen-bond acceptors (Lipinski definition) is 2. The van der Waals surface area contributed by atoms with Gasteiger partial charge in [0.2, 0.25) is 0 Å². The van der Waals surface area contributed by atoms with Crippen LogP contribution in [0, 0.1) is 5.92 Å².